The Morgan fingerprint density at radius 2 is 1.93 bits per heavy atom. The van der Waals surface area contributed by atoms with Crippen LogP contribution in [0.2, 0.25) is 0 Å². The molecule has 7 heteroatoms. The Bertz CT molecular complexity index is 761. The summed E-state index contributed by atoms with van der Waals surface area (Å²) in [6, 6.07) is 8.90. The molecular formula is C20H24FN5O. The lowest BCUT2D eigenvalue weighted by molar-refractivity contribution is -0.130. The molecule has 6 nitrogen and oxygen atoms in total. The maximum Gasteiger partial charge on any atom is 0.237 e. The first-order valence-corrected chi connectivity index (χ1v) is 9.50. The Balaban J connectivity index is 1.44. The van der Waals surface area contributed by atoms with Gasteiger partial charge in [-0.15, -0.1) is 0 Å². The molecule has 1 aliphatic carbocycles. The van der Waals surface area contributed by atoms with Gasteiger partial charge in [0.05, 0.1) is 18.3 Å². The van der Waals surface area contributed by atoms with Gasteiger partial charge in [0.1, 0.15) is 23.5 Å². The van der Waals surface area contributed by atoms with Crippen LogP contribution in [0.15, 0.2) is 18.2 Å². The summed E-state index contributed by atoms with van der Waals surface area (Å²) < 4.78 is 13.7. The summed E-state index contributed by atoms with van der Waals surface area (Å²) in [5, 5.41) is 24.8. The molecule has 2 N–H and O–H groups in total. The van der Waals surface area contributed by atoms with E-state index in [9.17, 15) is 9.18 Å². The highest BCUT2D eigenvalue weighted by Gasteiger charge is 2.29. The zero-order valence-electron chi connectivity index (χ0n) is 15.2. The van der Waals surface area contributed by atoms with Crippen molar-refractivity contribution in [2.45, 2.75) is 56.7 Å². The van der Waals surface area contributed by atoms with Crippen molar-refractivity contribution < 1.29 is 9.18 Å². The minimum Gasteiger partial charge on any atom is -0.381 e. The number of carbonyl (C=O) groups excluding carboxylic acids is 1. The first-order valence-electron chi connectivity index (χ1n) is 9.50. The van der Waals surface area contributed by atoms with Crippen LogP contribution < -0.4 is 10.6 Å². The van der Waals surface area contributed by atoms with E-state index in [0.29, 0.717) is 12.2 Å². The number of nitrogens with one attached hydrogen (secondary N) is 2. The molecule has 1 aromatic carbocycles. The fraction of sp³-hybridized carbons (Fsp3) is 0.550. The molecule has 0 bridgehead atoms. The number of benzene rings is 1. The van der Waals surface area contributed by atoms with E-state index in [-0.39, 0.29) is 36.1 Å². The van der Waals surface area contributed by atoms with Gasteiger partial charge in [0, 0.05) is 18.6 Å². The molecule has 0 spiro atoms. The first-order chi connectivity index (χ1) is 13.1. The van der Waals surface area contributed by atoms with Gasteiger partial charge in [-0.1, -0.05) is 6.07 Å². The van der Waals surface area contributed by atoms with Crippen LogP contribution in [-0.4, -0.2) is 42.0 Å². The first kappa shape index (κ1) is 19.1. The molecule has 1 heterocycles. The van der Waals surface area contributed by atoms with E-state index in [1.807, 2.05) is 6.07 Å². The van der Waals surface area contributed by atoms with Crippen molar-refractivity contribution in [3.63, 3.8) is 0 Å². The maximum absolute atomic E-state index is 13.7. The zero-order chi connectivity index (χ0) is 19.2. The summed E-state index contributed by atoms with van der Waals surface area (Å²) in [5.74, 6) is -0.508. The van der Waals surface area contributed by atoms with Gasteiger partial charge in [-0.05, 0) is 50.7 Å². The van der Waals surface area contributed by atoms with Crippen LogP contribution in [0.1, 0.15) is 44.1 Å². The zero-order valence-corrected chi connectivity index (χ0v) is 15.2. The van der Waals surface area contributed by atoms with Gasteiger partial charge >= 0.3 is 0 Å². The number of nitrogens with zero attached hydrogens (tertiary/aromatic N) is 3. The predicted molar refractivity (Wildman–Crippen MR) is 99.1 cm³/mol. The summed E-state index contributed by atoms with van der Waals surface area (Å²) in [6.45, 7) is 0.938. The summed E-state index contributed by atoms with van der Waals surface area (Å²) in [4.78, 5) is 14.0. The SMILES string of the molecule is N#Cc1c(F)cccc1NC1CCC(NCC(=O)N2CCC[C@H]2C#N)CC1. The normalized spacial score (nSPS) is 24.9. The molecule has 3 rings (SSSR count). The lowest BCUT2D eigenvalue weighted by atomic mass is 9.90. The molecule has 142 valence electrons. The Morgan fingerprint density at radius 1 is 1.19 bits per heavy atom. The van der Waals surface area contributed by atoms with Crippen LogP contribution in [0.4, 0.5) is 10.1 Å². The highest BCUT2D eigenvalue weighted by molar-refractivity contribution is 5.79. The largest absolute Gasteiger partial charge is 0.381 e. The van der Waals surface area contributed by atoms with E-state index in [1.54, 1.807) is 17.0 Å². The van der Waals surface area contributed by atoms with Gasteiger partial charge in [-0.3, -0.25) is 4.79 Å². The minimum absolute atomic E-state index is 0.00211. The summed E-state index contributed by atoms with van der Waals surface area (Å²) in [6.07, 6.45) is 5.25. The van der Waals surface area contributed by atoms with E-state index >= 15 is 0 Å². The van der Waals surface area contributed by atoms with E-state index in [2.05, 4.69) is 16.7 Å². The molecular weight excluding hydrogens is 345 g/mol. The molecule has 2 aliphatic rings. The van der Waals surface area contributed by atoms with E-state index < -0.39 is 5.82 Å². The van der Waals surface area contributed by atoms with Crippen molar-refractivity contribution in [3.8, 4) is 12.1 Å². The van der Waals surface area contributed by atoms with Crippen molar-refractivity contribution in [2.75, 3.05) is 18.4 Å². The quantitative estimate of drug-likeness (QED) is 0.832. The lowest BCUT2D eigenvalue weighted by Crippen LogP contribution is -2.45. The second kappa shape index (κ2) is 8.83. The molecule has 27 heavy (non-hydrogen) atoms. The molecule has 1 amide bonds. The van der Waals surface area contributed by atoms with E-state index in [0.717, 1.165) is 38.5 Å². The molecule has 0 aromatic heterocycles. The average Bonchev–Trinajstić information content (AvgIpc) is 3.16. The van der Waals surface area contributed by atoms with Crippen molar-refractivity contribution >= 4 is 11.6 Å². The second-order valence-electron chi connectivity index (χ2n) is 7.22. The standard InChI is InChI=1S/C20H24FN5O/c21-18-4-1-5-19(17(18)12-23)25-15-8-6-14(7-9-15)24-13-20(27)26-10-2-3-16(26)11-22/h1,4-5,14-16,24-25H,2-3,6-10,13H2/t14?,15?,16-/m0/s1. The van der Waals surface area contributed by atoms with Gasteiger partial charge in [0.15, 0.2) is 0 Å². The smallest absolute Gasteiger partial charge is 0.237 e. The number of rotatable bonds is 5. The monoisotopic (exact) mass is 369 g/mol. The second-order valence-corrected chi connectivity index (χ2v) is 7.22. The molecule has 0 radical (unpaired) electrons. The molecule has 1 aromatic rings. The number of hydrogen-bond acceptors (Lipinski definition) is 5. The Kier molecular flexibility index (Phi) is 6.26. The topological polar surface area (TPSA) is 91.9 Å². The number of likely N-dealkylation sites (tertiary alicyclic amines) is 1. The number of nitriles is 2. The van der Waals surface area contributed by atoms with E-state index in [1.165, 1.54) is 6.07 Å². The Morgan fingerprint density at radius 3 is 2.63 bits per heavy atom. The molecule has 1 saturated carbocycles. The Labute approximate surface area is 159 Å². The summed E-state index contributed by atoms with van der Waals surface area (Å²) >= 11 is 0. The fourth-order valence-electron chi connectivity index (χ4n) is 3.95. The van der Waals surface area contributed by atoms with Crippen molar-refractivity contribution in [1.29, 1.82) is 10.5 Å². The van der Waals surface area contributed by atoms with Crippen LogP contribution in [0.25, 0.3) is 0 Å². The number of carbonyl (C=O) groups is 1. The highest BCUT2D eigenvalue weighted by Crippen LogP contribution is 2.25. The number of halogens is 1. The van der Waals surface area contributed by atoms with Gasteiger partial charge in [-0.25, -0.2) is 4.39 Å². The molecule has 2 fully saturated rings. The fourth-order valence-corrected chi connectivity index (χ4v) is 3.95. The van der Waals surface area contributed by atoms with Gasteiger partial charge in [0.2, 0.25) is 5.91 Å². The number of anilines is 1. The average molecular weight is 369 g/mol. The van der Waals surface area contributed by atoms with Crippen molar-refractivity contribution in [1.82, 2.24) is 10.2 Å². The van der Waals surface area contributed by atoms with Gasteiger partial charge < -0.3 is 15.5 Å². The van der Waals surface area contributed by atoms with E-state index in [4.69, 9.17) is 10.5 Å². The third-order valence-electron chi connectivity index (χ3n) is 5.48. The predicted octanol–water partition coefficient (Wildman–Crippen LogP) is 2.52. The third kappa shape index (κ3) is 4.56. The number of amides is 1. The van der Waals surface area contributed by atoms with Crippen LogP contribution in [0, 0.1) is 28.5 Å². The molecule has 1 saturated heterocycles. The van der Waals surface area contributed by atoms with Gasteiger partial charge in [-0.2, -0.15) is 10.5 Å². The van der Waals surface area contributed by atoms with Crippen LogP contribution in [0.5, 0.6) is 0 Å². The summed E-state index contributed by atoms with van der Waals surface area (Å²) in [5.41, 5.74) is 0.599. The highest BCUT2D eigenvalue weighted by atomic mass is 19.1. The van der Waals surface area contributed by atoms with Crippen molar-refractivity contribution in [2.24, 2.45) is 0 Å². The lowest BCUT2D eigenvalue weighted by Gasteiger charge is -2.31. The van der Waals surface area contributed by atoms with Crippen LogP contribution in [-0.2, 0) is 4.79 Å². The molecule has 1 atom stereocenters. The maximum atomic E-state index is 13.7. The third-order valence-corrected chi connectivity index (χ3v) is 5.48. The van der Waals surface area contributed by atoms with Crippen LogP contribution >= 0.6 is 0 Å². The molecule has 1 aliphatic heterocycles. The summed E-state index contributed by atoms with van der Waals surface area (Å²) in [7, 11) is 0. The van der Waals surface area contributed by atoms with Crippen LogP contribution in [0.3, 0.4) is 0 Å². The minimum atomic E-state index is -0.506. The van der Waals surface area contributed by atoms with Crippen molar-refractivity contribution in [3.05, 3.63) is 29.6 Å². The molecule has 0 unspecified atom stereocenters. The Hall–Kier alpha value is -2.64. The number of hydrogen-bond donors (Lipinski definition) is 2. The van der Waals surface area contributed by atoms with Gasteiger partial charge in [0.25, 0.3) is 0 Å².